The van der Waals surface area contributed by atoms with Crippen LogP contribution in [-0.2, 0) is 22.4 Å². The predicted octanol–water partition coefficient (Wildman–Crippen LogP) is 3.87. The van der Waals surface area contributed by atoms with E-state index in [-0.39, 0.29) is 12.1 Å². The number of alkyl carbamates (subject to hydrolysis) is 1. The SMILES string of the molecule is CC(C)(C)OC(=O)NCCCCCCc1cc(C(=O)N[C@@H](Cc2ccc(F)cc2)C(=O)O)no1. The fourth-order valence-electron chi connectivity index (χ4n) is 3.11. The number of hydrogen-bond acceptors (Lipinski definition) is 6. The van der Waals surface area contributed by atoms with E-state index in [9.17, 15) is 23.9 Å². The molecule has 9 nitrogen and oxygen atoms in total. The molecule has 1 atom stereocenters. The summed E-state index contributed by atoms with van der Waals surface area (Å²) in [5, 5.41) is 18.3. The molecule has 0 radical (unpaired) electrons. The van der Waals surface area contributed by atoms with Crippen LogP contribution in [0, 0.1) is 5.82 Å². The maximum absolute atomic E-state index is 13.0. The summed E-state index contributed by atoms with van der Waals surface area (Å²) in [6, 6.07) is 5.72. The number of benzene rings is 1. The largest absolute Gasteiger partial charge is 0.480 e. The molecule has 0 spiro atoms. The van der Waals surface area contributed by atoms with Gasteiger partial charge in [-0.2, -0.15) is 0 Å². The molecule has 0 aliphatic heterocycles. The van der Waals surface area contributed by atoms with E-state index in [4.69, 9.17) is 9.26 Å². The Morgan fingerprint density at radius 3 is 2.44 bits per heavy atom. The van der Waals surface area contributed by atoms with Crippen molar-refractivity contribution >= 4 is 18.0 Å². The summed E-state index contributed by atoms with van der Waals surface area (Å²) in [6.45, 7) is 5.96. The Labute approximate surface area is 198 Å². The van der Waals surface area contributed by atoms with Gasteiger partial charge in [0, 0.05) is 25.5 Å². The summed E-state index contributed by atoms with van der Waals surface area (Å²) >= 11 is 0. The smallest absolute Gasteiger partial charge is 0.407 e. The number of carbonyl (C=O) groups is 3. The molecule has 2 aromatic rings. The molecule has 3 N–H and O–H groups in total. The Bertz CT molecular complexity index is 952. The third-order valence-electron chi connectivity index (χ3n) is 4.77. The van der Waals surface area contributed by atoms with Crippen LogP contribution in [-0.4, -0.2) is 46.4 Å². The number of ether oxygens (including phenoxy) is 1. The van der Waals surface area contributed by atoms with Crippen molar-refractivity contribution in [2.75, 3.05) is 6.54 Å². The molecular formula is C24H32FN3O6. The van der Waals surface area contributed by atoms with Gasteiger partial charge in [-0.3, -0.25) is 4.79 Å². The maximum atomic E-state index is 13.0. The van der Waals surface area contributed by atoms with Crippen LogP contribution >= 0.6 is 0 Å². The van der Waals surface area contributed by atoms with Gasteiger partial charge in [-0.15, -0.1) is 0 Å². The highest BCUT2D eigenvalue weighted by Crippen LogP contribution is 2.12. The first-order valence-electron chi connectivity index (χ1n) is 11.2. The van der Waals surface area contributed by atoms with E-state index in [0.29, 0.717) is 24.3 Å². The number of hydrogen-bond donors (Lipinski definition) is 3. The topological polar surface area (TPSA) is 131 Å². The minimum Gasteiger partial charge on any atom is -0.480 e. The second-order valence-electron chi connectivity index (χ2n) is 8.97. The van der Waals surface area contributed by atoms with Gasteiger partial charge in [0.15, 0.2) is 5.69 Å². The number of aromatic nitrogens is 1. The first-order valence-corrected chi connectivity index (χ1v) is 11.2. The van der Waals surface area contributed by atoms with Crippen molar-refractivity contribution in [2.24, 2.45) is 0 Å². The highest BCUT2D eigenvalue weighted by molar-refractivity contribution is 5.95. The molecule has 0 bridgehead atoms. The van der Waals surface area contributed by atoms with Gasteiger partial charge in [0.05, 0.1) is 0 Å². The van der Waals surface area contributed by atoms with Gasteiger partial charge in [-0.1, -0.05) is 30.1 Å². The zero-order valence-electron chi connectivity index (χ0n) is 19.7. The van der Waals surface area contributed by atoms with Crippen LogP contribution in [0.5, 0.6) is 0 Å². The summed E-state index contributed by atoms with van der Waals surface area (Å²) < 4.78 is 23.4. The molecular weight excluding hydrogens is 445 g/mol. The van der Waals surface area contributed by atoms with Crippen molar-refractivity contribution in [3.8, 4) is 0 Å². The lowest BCUT2D eigenvalue weighted by molar-refractivity contribution is -0.139. The molecule has 0 aliphatic carbocycles. The maximum Gasteiger partial charge on any atom is 0.407 e. The lowest BCUT2D eigenvalue weighted by Crippen LogP contribution is -2.42. The van der Waals surface area contributed by atoms with Gasteiger partial charge in [0.1, 0.15) is 23.2 Å². The lowest BCUT2D eigenvalue weighted by Gasteiger charge is -2.19. The highest BCUT2D eigenvalue weighted by atomic mass is 19.1. The Balaban J connectivity index is 1.70. The van der Waals surface area contributed by atoms with E-state index < -0.39 is 35.4 Å². The molecule has 2 amide bonds. The Hall–Kier alpha value is -3.43. The molecule has 0 saturated heterocycles. The second kappa shape index (κ2) is 12.7. The van der Waals surface area contributed by atoms with Gasteiger partial charge < -0.3 is 25.0 Å². The molecule has 0 fully saturated rings. The van der Waals surface area contributed by atoms with Crippen LogP contribution in [0.15, 0.2) is 34.9 Å². The van der Waals surface area contributed by atoms with Crippen molar-refractivity contribution in [1.82, 2.24) is 15.8 Å². The van der Waals surface area contributed by atoms with Gasteiger partial charge in [-0.25, -0.2) is 14.0 Å². The monoisotopic (exact) mass is 477 g/mol. The molecule has 1 heterocycles. The quantitative estimate of drug-likeness (QED) is 0.396. The first-order chi connectivity index (χ1) is 16.0. The van der Waals surface area contributed by atoms with Crippen LogP contribution in [0.2, 0.25) is 0 Å². The van der Waals surface area contributed by atoms with Crippen molar-refractivity contribution in [3.63, 3.8) is 0 Å². The normalized spacial score (nSPS) is 12.1. The number of aliphatic carboxylic acids is 1. The number of aryl methyl sites for hydroxylation is 1. The molecule has 1 aromatic heterocycles. The minimum absolute atomic E-state index is 0.00177. The van der Waals surface area contributed by atoms with E-state index in [2.05, 4.69) is 15.8 Å². The first kappa shape index (κ1) is 26.8. The third-order valence-corrected chi connectivity index (χ3v) is 4.77. The van der Waals surface area contributed by atoms with E-state index in [0.717, 1.165) is 25.7 Å². The Morgan fingerprint density at radius 1 is 1.12 bits per heavy atom. The Kier molecular flexibility index (Phi) is 10.0. The number of carboxylic acids is 1. The average Bonchev–Trinajstić information content (AvgIpc) is 3.22. The fraction of sp³-hybridized carbons (Fsp3) is 0.500. The molecule has 1 aromatic carbocycles. The highest BCUT2D eigenvalue weighted by Gasteiger charge is 2.23. The number of unbranched alkanes of at least 4 members (excludes halogenated alkanes) is 3. The van der Waals surface area contributed by atoms with E-state index in [1.165, 1.54) is 30.3 Å². The molecule has 34 heavy (non-hydrogen) atoms. The molecule has 0 aliphatic rings. The van der Waals surface area contributed by atoms with Gasteiger partial charge in [0.25, 0.3) is 5.91 Å². The number of halogens is 1. The molecule has 186 valence electrons. The summed E-state index contributed by atoms with van der Waals surface area (Å²) in [5.41, 5.74) is 0.0618. The standard InChI is InChI=1S/C24H32FN3O6/c1-24(2,3)33-23(32)26-13-7-5-4-6-8-18-15-19(28-34-18)21(29)27-20(22(30)31)14-16-9-11-17(25)12-10-16/h9-12,15,20H,4-8,13-14H2,1-3H3,(H,26,32)(H,27,29)(H,30,31)/t20-/m0/s1. The van der Waals surface area contributed by atoms with Crippen LogP contribution < -0.4 is 10.6 Å². The van der Waals surface area contributed by atoms with Gasteiger partial charge in [0.2, 0.25) is 0 Å². The molecule has 2 rings (SSSR count). The van der Waals surface area contributed by atoms with Crippen molar-refractivity contribution < 1.29 is 33.1 Å². The zero-order chi connectivity index (χ0) is 25.1. The van der Waals surface area contributed by atoms with E-state index in [1.54, 1.807) is 0 Å². The molecule has 0 unspecified atom stereocenters. The molecule has 0 saturated carbocycles. The van der Waals surface area contributed by atoms with Crippen LogP contribution in [0.25, 0.3) is 0 Å². The lowest BCUT2D eigenvalue weighted by atomic mass is 10.1. The van der Waals surface area contributed by atoms with Crippen LogP contribution in [0.3, 0.4) is 0 Å². The number of amides is 2. The number of nitrogens with zero attached hydrogens (tertiary/aromatic N) is 1. The summed E-state index contributed by atoms with van der Waals surface area (Å²) in [5.74, 6) is -1.75. The van der Waals surface area contributed by atoms with Gasteiger partial charge in [-0.05, 0) is 51.3 Å². The number of carbonyl (C=O) groups excluding carboxylic acids is 2. The average molecular weight is 478 g/mol. The van der Waals surface area contributed by atoms with E-state index >= 15 is 0 Å². The summed E-state index contributed by atoms with van der Waals surface area (Å²) in [6.07, 6.45) is 3.59. The van der Waals surface area contributed by atoms with Crippen molar-refractivity contribution in [2.45, 2.75) is 70.9 Å². The van der Waals surface area contributed by atoms with Crippen LogP contribution in [0.1, 0.15) is 68.3 Å². The van der Waals surface area contributed by atoms with Crippen molar-refractivity contribution in [1.29, 1.82) is 0 Å². The predicted molar refractivity (Wildman–Crippen MR) is 122 cm³/mol. The molecule has 10 heteroatoms. The number of rotatable bonds is 12. The number of carboxylic acid groups (broad SMARTS) is 1. The Morgan fingerprint density at radius 2 is 1.79 bits per heavy atom. The van der Waals surface area contributed by atoms with E-state index in [1.807, 2.05) is 20.8 Å². The van der Waals surface area contributed by atoms with Gasteiger partial charge >= 0.3 is 12.1 Å². The summed E-state index contributed by atoms with van der Waals surface area (Å²) in [4.78, 5) is 35.5. The second-order valence-corrected chi connectivity index (χ2v) is 8.97. The van der Waals surface area contributed by atoms with Crippen LogP contribution in [0.4, 0.5) is 9.18 Å². The number of nitrogens with one attached hydrogen (secondary N) is 2. The third kappa shape index (κ3) is 10.0. The minimum atomic E-state index is -1.21. The van der Waals surface area contributed by atoms with Crippen molar-refractivity contribution in [3.05, 3.63) is 53.2 Å². The summed E-state index contributed by atoms with van der Waals surface area (Å²) in [7, 11) is 0. The zero-order valence-corrected chi connectivity index (χ0v) is 19.7. The fourth-order valence-corrected chi connectivity index (χ4v) is 3.11.